The van der Waals surface area contributed by atoms with Gasteiger partial charge in [-0.15, -0.1) is 11.3 Å². The second-order valence-electron chi connectivity index (χ2n) is 2.22. The summed E-state index contributed by atoms with van der Waals surface area (Å²) in [5, 5.41) is 1.63. The molecule has 4 heteroatoms. The molecule has 1 aromatic heterocycles. The number of esters is 1. The van der Waals surface area contributed by atoms with Crippen molar-refractivity contribution in [3.8, 4) is 0 Å². The van der Waals surface area contributed by atoms with Crippen LogP contribution < -0.4 is 0 Å². The number of ether oxygens (including phenoxy) is 1. The fourth-order valence-electron chi connectivity index (χ4n) is 0.758. The molecular weight excluding hydrogens is 191 g/mol. The van der Waals surface area contributed by atoms with Gasteiger partial charge >= 0.3 is 5.97 Å². The lowest BCUT2D eigenvalue weighted by atomic mass is 10.4. The molecule has 2 nitrogen and oxygen atoms in total. The van der Waals surface area contributed by atoms with Crippen molar-refractivity contribution in [3.05, 3.63) is 28.2 Å². The van der Waals surface area contributed by atoms with Gasteiger partial charge in [-0.1, -0.05) is 0 Å². The molecule has 1 heterocycles. The quantitative estimate of drug-likeness (QED) is 0.553. The molecule has 0 aliphatic heterocycles. The van der Waals surface area contributed by atoms with E-state index in [0.717, 1.165) is 0 Å². The summed E-state index contributed by atoms with van der Waals surface area (Å²) < 4.78 is 17.4. The molecule has 0 saturated carbocycles. The summed E-state index contributed by atoms with van der Waals surface area (Å²) in [6.45, 7) is 2.05. The molecule has 0 bridgehead atoms. The van der Waals surface area contributed by atoms with Crippen molar-refractivity contribution in [1.82, 2.24) is 0 Å². The maximum atomic E-state index is 12.8. The van der Waals surface area contributed by atoms with Gasteiger partial charge in [0, 0.05) is 6.08 Å². The van der Waals surface area contributed by atoms with Crippen LogP contribution in [0.5, 0.6) is 0 Å². The summed E-state index contributed by atoms with van der Waals surface area (Å²) in [4.78, 5) is 11.3. The first-order chi connectivity index (χ1) is 6.24. The third kappa shape index (κ3) is 2.99. The average molecular weight is 200 g/mol. The zero-order valence-corrected chi connectivity index (χ0v) is 7.94. The fraction of sp³-hybridized carbons (Fsp3) is 0.222. The molecule has 0 spiro atoms. The predicted molar refractivity (Wildman–Crippen MR) is 49.9 cm³/mol. The minimum Gasteiger partial charge on any atom is -0.463 e. The summed E-state index contributed by atoms with van der Waals surface area (Å²) in [6, 6.07) is 1.36. The zero-order valence-electron chi connectivity index (χ0n) is 7.12. The van der Waals surface area contributed by atoms with Crippen LogP contribution in [0.15, 0.2) is 17.5 Å². The van der Waals surface area contributed by atoms with Crippen molar-refractivity contribution >= 4 is 23.4 Å². The minimum atomic E-state index is -0.449. The molecule has 1 aromatic rings. The molecule has 0 amide bonds. The first kappa shape index (κ1) is 9.92. The number of carbonyl (C=O) groups is 1. The molecule has 0 fully saturated rings. The molecule has 0 aliphatic rings. The zero-order chi connectivity index (χ0) is 9.68. The average Bonchev–Trinajstić information content (AvgIpc) is 2.48. The lowest BCUT2D eigenvalue weighted by molar-refractivity contribution is -0.137. The van der Waals surface area contributed by atoms with E-state index >= 15 is 0 Å². The summed E-state index contributed by atoms with van der Waals surface area (Å²) in [5.41, 5.74) is 0. The Morgan fingerprint density at radius 2 is 2.54 bits per heavy atom. The molecule has 0 radical (unpaired) electrons. The van der Waals surface area contributed by atoms with Gasteiger partial charge in [0.2, 0.25) is 0 Å². The Bertz CT molecular complexity index is 317. The first-order valence-corrected chi connectivity index (χ1v) is 4.70. The molecule has 0 aromatic carbocycles. The normalized spacial score (nSPS) is 10.6. The Hall–Kier alpha value is -1.16. The standard InChI is InChI=1S/C9H9FO2S/c1-2-12-9(11)4-3-8-7(10)5-6-13-8/h3-6H,2H2,1H3/b4-3+. The van der Waals surface area contributed by atoms with Crippen LogP contribution in [-0.4, -0.2) is 12.6 Å². The topological polar surface area (TPSA) is 26.3 Å². The van der Waals surface area contributed by atoms with Gasteiger partial charge in [-0.3, -0.25) is 0 Å². The van der Waals surface area contributed by atoms with Gasteiger partial charge in [-0.25, -0.2) is 9.18 Å². The molecule has 0 saturated heterocycles. The van der Waals surface area contributed by atoms with E-state index in [-0.39, 0.29) is 5.82 Å². The van der Waals surface area contributed by atoms with Gasteiger partial charge < -0.3 is 4.74 Å². The molecule has 0 aliphatic carbocycles. The maximum Gasteiger partial charge on any atom is 0.330 e. The van der Waals surface area contributed by atoms with E-state index in [1.807, 2.05) is 0 Å². The Morgan fingerprint density at radius 3 is 3.08 bits per heavy atom. The summed E-state index contributed by atoms with van der Waals surface area (Å²) in [7, 11) is 0. The minimum absolute atomic E-state index is 0.314. The Morgan fingerprint density at radius 1 is 1.77 bits per heavy atom. The van der Waals surface area contributed by atoms with E-state index in [1.165, 1.54) is 29.6 Å². The van der Waals surface area contributed by atoms with E-state index < -0.39 is 5.97 Å². The fourth-order valence-corrected chi connectivity index (χ4v) is 1.42. The van der Waals surface area contributed by atoms with Gasteiger partial charge in [-0.05, 0) is 24.4 Å². The predicted octanol–water partition coefficient (Wildman–Crippen LogP) is 2.46. The number of halogens is 1. The van der Waals surface area contributed by atoms with Gasteiger partial charge in [0.25, 0.3) is 0 Å². The number of rotatable bonds is 3. The van der Waals surface area contributed by atoms with Crippen molar-refractivity contribution in [2.45, 2.75) is 6.92 Å². The molecule has 70 valence electrons. The second kappa shape index (κ2) is 4.77. The molecule has 0 N–H and O–H groups in total. The summed E-state index contributed by atoms with van der Waals surface area (Å²) in [5.74, 6) is -0.763. The monoisotopic (exact) mass is 200 g/mol. The van der Waals surface area contributed by atoms with Crippen LogP contribution in [-0.2, 0) is 9.53 Å². The van der Waals surface area contributed by atoms with Gasteiger partial charge in [0.1, 0.15) is 5.82 Å². The van der Waals surface area contributed by atoms with E-state index in [4.69, 9.17) is 0 Å². The maximum absolute atomic E-state index is 12.8. The highest BCUT2D eigenvalue weighted by atomic mass is 32.1. The third-order valence-corrected chi connectivity index (χ3v) is 2.16. The number of carbonyl (C=O) groups excluding carboxylic acids is 1. The SMILES string of the molecule is CCOC(=O)/C=C/c1sccc1F. The van der Waals surface area contributed by atoms with Gasteiger partial charge in [0.05, 0.1) is 11.5 Å². The molecule has 1 rings (SSSR count). The molecule has 13 heavy (non-hydrogen) atoms. The van der Waals surface area contributed by atoms with E-state index in [1.54, 1.807) is 12.3 Å². The van der Waals surface area contributed by atoms with Gasteiger partial charge in [0.15, 0.2) is 0 Å². The van der Waals surface area contributed by atoms with Crippen molar-refractivity contribution in [3.63, 3.8) is 0 Å². The highest BCUT2D eigenvalue weighted by Crippen LogP contribution is 2.16. The summed E-state index contributed by atoms with van der Waals surface area (Å²) in [6.07, 6.45) is 2.64. The van der Waals surface area contributed by atoms with Crippen LogP contribution in [0.4, 0.5) is 4.39 Å². The third-order valence-electron chi connectivity index (χ3n) is 1.30. The number of hydrogen-bond donors (Lipinski definition) is 0. The van der Waals surface area contributed by atoms with Crippen LogP contribution in [0.2, 0.25) is 0 Å². The van der Waals surface area contributed by atoms with Crippen LogP contribution in [0.25, 0.3) is 6.08 Å². The van der Waals surface area contributed by atoms with Crippen LogP contribution in [0.3, 0.4) is 0 Å². The second-order valence-corrected chi connectivity index (χ2v) is 3.17. The van der Waals surface area contributed by atoms with E-state index in [2.05, 4.69) is 4.74 Å². The van der Waals surface area contributed by atoms with Gasteiger partial charge in [-0.2, -0.15) is 0 Å². The number of hydrogen-bond acceptors (Lipinski definition) is 3. The van der Waals surface area contributed by atoms with Crippen LogP contribution in [0.1, 0.15) is 11.8 Å². The smallest absolute Gasteiger partial charge is 0.330 e. The van der Waals surface area contributed by atoms with Crippen molar-refractivity contribution in [1.29, 1.82) is 0 Å². The van der Waals surface area contributed by atoms with E-state index in [9.17, 15) is 9.18 Å². The Labute approximate surface area is 79.6 Å². The van der Waals surface area contributed by atoms with Crippen molar-refractivity contribution in [2.75, 3.05) is 6.61 Å². The lowest BCUT2D eigenvalue weighted by Gasteiger charge is -1.93. The van der Waals surface area contributed by atoms with Crippen molar-refractivity contribution in [2.24, 2.45) is 0 Å². The highest BCUT2D eigenvalue weighted by molar-refractivity contribution is 7.10. The Kier molecular flexibility index (Phi) is 3.64. The van der Waals surface area contributed by atoms with Crippen molar-refractivity contribution < 1.29 is 13.9 Å². The summed E-state index contributed by atoms with van der Waals surface area (Å²) >= 11 is 1.24. The first-order valence-electron chi connectivity index (χ1n) is 3.82. The van der Waals surface area contributed by atoms with E-state index in [0.29, 0.717) is 11.5 Å². The lowest BCUT2D eigenvalue weighted by Crippen LogP contribution is -1.98. The number of thiophene rings is 1. The Balaban J connectivity index is 2.58. The van der Waals surface area contributed by atoms with Crippen LogP contribution in [0, 0.1) is 5.82 Å². The molecule has 0 atom stereocenters. The van der Waals surface area contributed by atoms with Crippen LogP contribution >= 0.6 is 11.3 Å². The molecule has 0 unspecified atom stereocenters. The molecular formula is C9H9FO2S. The highest BCUT2D eigenvalue weighted by Gasteiger charge is 1.99. The largest absolute Gasteiger partial charge is 0.463 e.